The van der Waals surface area contributed by atoms with Crippen LogP contribution in [-0.2, 0) is 17.9 Å². The second kappa shape index (κ2) is 8.20. The number of carbonyl (C=O) groups is 1. The van der Waals surface area contributed by atoms with Crippen LogP contribution in [0, 0.1) is 6.92 Å². The van der Waals surface area contributed by atoms with Crippen molar-refractivity contribution in [3.05, 3.63) is 65.2 Å². The first-order valence-corrected chi connectivity index (χ1v) is 7.45. The normalized spacial score (nSPS) is 10.3. The molecule has 0 atom stereocenters. The van der Waals surface area contributed by atoms with Crippen LogP contribution < -0.4 is 15.4 Å². The highest BCUT2D eigenvalue weighted by Crippen LogP contribution is 2.15. The number of amides is 1. The van der Waals surface area contributed by atoms with Gasteiger partial charge in [-0.05, 0) is 24.6 Å². The Hall–Kier alpha value is -2.33. The first-order chi connectivity index (χ1) is 10.7. The molecule has 0 aliphatic carbocycles. The van der Waals surface area contributed by atoms with Crippen LogP contribution in [0.1, 0.15) is 16.7 Å². The molecular formula is C18H23N2O2+. The van der Waals surface area contributed by atoms with Crippen LogP contribution in [0.5, 0.6) is 5.75 Å². The minimum absolute atomic E-state index is 0.0375. The van der Waals surface area contributed by atoms with Crippen molar-refractivity contribution in [2.24, 2.45) is 0 Å². The number of hydrogen-bond acceptors (Lipinski definition) is 2. The van der Waals surface area contributed by atoms with Crippen LogP contribution in [0.25, 0.3) is 0 Å². The quantitative estimate of drug-likeness (QED) is 0.811. The molecule has 0 heterocycles. The minimum atomic E-state index is 0.0375. The summed E-state index contributed by atoms with van der Waals surface area (Å²) in [5.74, 6) is 0.897. The highest BCUT2D eigenvalue weighted by molar-refractivity contribution is 5.76. The molecule has 0 bridgehead atoms. The van der Waals surface area contributed by atoms with E-state index in [1.165, 1.54) is 5.56 Å². The number of aryl methyl sites for hydroxylation is 1. The Morgan fingerprint density at radius 1 is 1.14 bits per heavy atom. The molecule has 2 aromatic carbocycles. The first kappa shape index (κ1) is 16.0. The van der Waals surface area contributed by atoms with Gasteiger partial charge in [-0.2, -0.15) is 0 Å². The number of methoxy groups -OCH3 is 1. The summed E-state index contributed by atoms with van der Waals surface area (Å²) in [5.41, 5.74) is 3.43. The molecule has 22 heavy (non-hydrogen) atoms. The third-order valence-corrected chi connectivity index (χ3v) is 3.50. The number of para-hydroxylation sites is 1. The van der Waals surface area contributed by atoms with Crippen LogP contribution in [0.2, 0.25) is 0 Å². The van der Waals surface area contributed by atoms with E-state index in [0.29, 0.717) is 13.1 Å². The van der Waals surface area contributed by atoms with Gasteiger partial charge in [0, 0.05) is 12.1 Å². The highest BCUT2D eigenvalue weighted by atomic mass is 16.5. The molecule has 4 heteroatoms. The number of quaternary nitrogens is 1. The molecule has 2 rings (SSSR count). The summed E-state index contributed by atoms with van der Waals surface area (Å²) in [7, 11) is 1.66. The standard InChI is InChI=1S/C18H22N2O2/c1-14-7-9-15(10-8-14)11-20-18(21)13-19-12-16-5-3-4-6-17(16)22-2/h3-10,19H,11-13H2,1-2H3,(H,20,21)/p+1. The summed E-state index contributed by atoms with van der Waals surface area (Å²) >= 11 is 0. The van der Waals surface area contributed by atoms with Gasteiger partial charge in [-0.25, -0.2) is 0 Å². The summed E-state index contributed by atoms with van der Waals surface area (Å²) in [5, 5.41) is 4.91. The predicted octanol–water partition coefficient (Wildman–Crippen LogP) is 1.38. The molecular weight excluding hydrogens is 276 g/mol. The van der Waals surface area contributed by atoms with Crippen LogP contribution in [0.4, 0.5) is 0 Å². The van der Waals surface area contributed by atoms with Crippen LogP contribution in [0.3, 0.4) is 0 Å². The van der Waals surface area contributed by atoms with Crippen molar-refractivity contribution in [1.29, 1.82) is 0 Å². The molecule has 3 N–H and O–H groups in total. The Morgan fingerprint density at radius 2 is 1.86 bits per heavy atom. The number of hydrogen-bond donors (Lipinski definition) is 2. The number of ether oxygens (including phenoxy) is 1. The zero-order valence-corrected chi connectivity index (χ0v) is 13.1. The monoisotopic (exact) mass is 299 g/mol. The van der Waals surface area contributed by atoms with Crippen molar-refractivity contribution in [2.75, 3.05) is 13.7 Å². The molecule has 0 saturated carbocycles. The van der Waals surface area contributed by atoms with E-state index in [1.54, 1.807) is 7.11 Å². The fourth-order valence-corrected chi connectivity index (χ4v) is 2.21. The third-order valence-electron chi connectivity index (χ3n) is 3.50. The third kappa shape index (κ3) is 4.90. The molecule has 0 saturated heterocycles. The van der Waals surface area contributed by atoms with E-state index >= 15 is 0 Å². The topological polar surface area (TPSA) is 54.9 Å². The van der Waals surface area contributed by atoms with Gasteiger partial charge >= 0.3 is 0 Å². The number of rotatable bonds is 7. The first-order valence-electron chi connectivity index (χ1n) is 7.45. The Labute approximate surface area is 131 Å². The fraction of sp³-hybridized carbons (Fsp3) is 0.278. The van der Waals surface area contributed by atoms with Crippen molar-refractivity contribution >= 4 is 5.91 Å². The smallest absolute Gasteiger partial charge is 0.275 e. The minimum Gasteiger partial charge on any atom is -0.496 e. The van der Waals surface area contributed by atoms with Crippen molar-refractivity contribution in [3.8, 4) is 5.75 Å². The van der Waals surface area contributed by atoms with Gasteiger partial charge in [-0.3, -0.25) is 4.79 Å². The molecule has 0 fully saturated rings. The van der Waals surface area contributed by atoms with Gasteiger partial charge in [0.25, 0.3) is 5.91 Å². The fourth-order valence-electron chi connectivity index (χ4n) is 2.21. The summed E-state index contributed by atoms with van der Waals surface area (Å²) in [6.45, 7) is 3.75. The number of nitrogens with one attached hydrogen (secondary N) is 1. The maximum Gasteiger partial charge on any atom is 0.275 e. The van der Waals surface area contributed by atoms with Gasteiger partial charge in [0.05, 0.1) is 7.11 Å². The Balaban J connectivity index is 1.72. The van der Waals surface area contributed by atoms with Gasteiger partial charge in [0.1, 0.15) is 12.3 Å². The van der Waals surface area contributed by atoms with E-state index in [1.807, 2.05) is 41.7 Å². The number of carbonyl (C=O) groups excluding carboxylic acids is 1. The average molecular weight is 299 g/mol. The molecule has 2 aromatic rings. The van der Waals surface area contributed by atoms with Crippen molar-refractivity contribution in [3.63, 3.8) is 0 Å². The van der Waals surface area contributed by atoms with Gasteiger partial charge in [-0.1, -0.05) is 42.0 Å². The molecule has 0 spiro atoms. The second-order valence-electron chi connectivity index (χ2n) is 5.27. The van der Waals surface area contributed by atoms with Gasteiger partial charge in [0.2, 0.25) is 0 Å². The lowest BCUT2D eigenvalue weighted by Gasteiger charge is -2.08. The zero-order chi connectivity index (χ0) is 15.8. The Morgan fingerprint density at radius 3 is 2.59 bits per heavy atom. The zero-order valence-electron chi connectivity index (χ0n) is 13.1. The molecule has 116 valence electrons. The molecule has 0 unspecified atom stereocenters. The lowest BCUT2D eigenvalue weighted by atomic mass is 10.1. The van der Waals surface area contributed by atoms with E-state index < -0.39 is 0 Å². The summed E-state index contributed by atoms with van der Waals surface area (Å²) < 4.78 is 5.30. The van der Waals surface area contributed by atoms with Crippen LogP contribution in [0.15, 0.2) is 48.5 Å². The van der Waals surface area contributed by atoms with Gasteiger partial charge < -0.3 is 15.4 Å². The molecule has 0 aliphatic rings. The highest BCUT2D eigenvalue weighted by Gasteiger charge is 2.06. The predicted molar refractivity (Wildman–Crippen MR) is 86.5 cm³/mol. The van der Waals surface area contributed by atoms with Crippen LogP contribution in [-0.4, -0.2) is 19.6 Å². The van der Waals surface area contributed by atoms with Gasteiger partial charge in [-0.15, -0.1) is 0 Å². The van der Waals surface area contributed by atoms with Crippen LogP contribution >= 0.6 is 0 Å². The largest absolute Gasteiger partial charge is 0.496 e. The van der Waals surface area contributed by atoms with E-state index in [-0.39, 0.29) is 5.91 Å². The molecule has 0 aromatic heterocycles. The summed E-state index contributed by atoms with van der Waals surface area (Å²) in [4.78, 5) is 11.9. The molecule has 0 radical (unpaired) electrons. The maximum absolute atomic E-state index is 11.9. The van der Waals surface area contributed by atoms with Gasteiger partial charge in [0.15, 0.2) is 6.54 Å². The lowest BCUT2D eigenvalue weighted by molar-refractivity contribution is -0.660. The second-order valence-corrected chi connectivity index (χ2v) is 5.27. The summed E-state index contributed by atoms with van der Waals surface area (Å²) in [6, 6.07) is 16.0. The number of nitrogens with two attached hydrogens (primary N) is 1. The summed E-state index contributed by atoms with van der Waals surface area (Å²) in [6.07, 6.45) is 0. The average Bonchev–Trinajstić information content (AvgIpc) is 2.55. The van der Waals surface area contributed by atoms with E-state index in [2.05, 4.69) is 24.4 Å². The molecule has 0 aliphatic heterocycles. The lowest BCUT2D eigenvalue weighted by Crippen LogP contribution is -2.85. The van der Waals surface area contributed by atoms with Crippen molar-refractivity contribution < 1.29 is 14.8 Å². The van der Waals surface area contributed by atoms with E-state index in [9.17, 15) is 4.79 Å². The Kier molecular flexibility index (Phi) is 5.98. The molecule has 4 nitrogen and oxygen atoms in total. The maximum atomic E-state index is 11.9. The molecule has 1 amide bonds. The Bertz CT molecular complexity index is 609. The van der Waals surface area contributed by atoms with E-state index in [4.69, 9.17) is 4.74 Å². The number of benzene rings is 2. The van der Waals surface area contributed by atoms with Crippen molar-refractivity contribution in [2.45, 2.75) is 20.0 Å². The van der Waals surface area contributed by atoms with E-state index in [0.717, 1.165) is 23.4 Å². The van der Waals surface area contributed by atoms with Crippen molar-refractivity contribution in [1.82, 2.24) is 5.32 Å². The SMILES string of the molecule is COc1ccccc1C[NH2+]CC(=O)NCc1ccc(C)cc1.